The van der Waals surface area contributed by atoms with Crippen LogP contribution < -0.4 is 5.32 Å². The molecule has 0 bridgehead atoms. The van der Waals surface area contributed by atoms with E-state index in [1.807, 2.05) is 17.5 Å². The number of carboxylic acid groups (broad SMARTS) is 1. The van der Waals surface area contributed by atoms with Gasteiger partial charge in [-0.3, -0.25) is 0 Å². The fourth-order valence-corrected chi connectivity index (χ4v) is 2.34. The predicted octanol–water partition coefficient (Wildman–Crippen LogP) is 3.38. The van der Waals surface area contributed by atoms with E-state index in [0.717, 1.165) is 17.0 Å². The second kappa shape index (κ2) is 5.79. The molecule has 0 saturated heterocycles. The van der Waals surface area contributed by atoms with Crippen LogP contribution in [0.25, 0.3) is 0 Å². The fraction of sp³-hybridized carbons (Fsp3) is 0.154. The topological polar surface area (TPSA) is 49.3 Å². The van der Waals surface area contributed by atoms with Crippen LogP contribution in [0.15, 0.2) is 29.6 Å². The van der Waals surface area contributed by atoms with Crippen molar-refractivity contribution in [3.63, 3.8) is 0 Å². The van der Waals surface area contributed by atoms with Gasteiger partial charge >= 0.3 is 5.97 Å². The second-order valence-corrected chi connectivity index (χ2v) is 4.91. The van der Waals surface area contributed by atoms with E-state index in [9.17, 15) is 13.6 Å². The highest BCUT2D eigenvalue weighted by molar-refractivity contribution is 7.09. The van der Waals surface area contributed by atoms with E-state index in [4.69, 9.17) is 5.11 Å². The SMILES string of the molecule is O=C(O)c1cc(F)c(NCCc2cccs2)c(F)c1. The molecule has 1 aromatic heterocycles. The Hall–Kier alpha value is -1.95. The molecule has 0 spiro atoms. The Morgan fingerprint density at radius 3 is 2.53 bits per heavy atom. The molecular weight excluding hydrogens is 272 g/mol. The maximum atomic E-state index is 13.6. The lowest BCUT2D eigenvalue weighted by atomic mass is 10.2. The van der Waals surface area contributed by atoms with Crippen molar-refractivity contribution in [1.29, 1.82) is 0 Å². The lowest BCUT2D eigenvalue weighted by molar-refractivity contribution is 0.0696. The van der Waals surface area contributed by atoms with Gasteiger partial charge in [-0.05, 0) is 30.0 Å². The van der Waals surface area contributed by atoms with Gasteiger partial charge in [-0.1, -0.05) is 6.07 Å². The van der Waals surface area contributed by atoms with Crippen LogP contribution in [0.3, 0.4) is 0 Å². The molecule has 0 aliphatic rings. The van der Waals surface area contributed by atoms with Crippen LogP contribution in [0, 0.1) is 11.6 Å². The van der Waals surface area contributed by atoms with Crippen molar-refractivity contribution in [3.8, 4) is 0 Å². The van der Waals surface area contributed by atoms with Crippen LogP contribution in [0.2, 0.25) is 0 Å². The summed E-state index contributed by atoms with van der Waals surface area (Å²) >= 11 is 1.57. The highest BCUT2D eigenvalue weighted by Gasteiger charge is 2.14. The molecular formula is C13H11F2NO2S. The molecule has 2 N–H and O–H groups in total. The Morgan fingerprint density at radius 2 is 2.00 bits per heavy atom. The van der Waals surface area contributed by atoms with Crippen molar-refractivity contribution in [2.24, 2.45) is 0 Å². The molecule has 0 aliphatic heterocycles. The Bertz CT molecular complexity index is 561. The summed E-state index contributed by atoms with van der Waals surface area (Å²) in [5, 5.41) is 13.3. The Kier molecular flexibility index (Phi) is 4.11. The first-order chi connectivity index (χ1) is 9.08. The van der Waals surface area contributed by atoms with E-state index >= 15 is 0 Å². The Balaban J connectivity index is 2.06. The second-order valence-electron chi connectivity index (χ2n) is 3.88. The molecule has 0 aliphatic carbocycles. The van der Waals surface area contributed by atoms with Gasteiger partial charge in [0, 0.05) is 11.4 Å². The number of rotatable bonds is 5. The van der Waals surface area contributed by atoms with Crippen LogP contribution in [-0.4, -0.2) is 17.6 Å². The lowest BCUT2D eigenvalue weighted by Gasteiger charge is -2.09. The zero-order chi connectivity index (χ0) is 13.8. The molecule has 0 amide bonds. The smallest absolute Gasteiger partial charge is 0.335 e. The van der Waals surface area contributed by atoms with Crippen LogP contribution in [0.5, 0.6) is 0 Å². The minimum Gasteiger partial charge on any atom is -0.478 e. The molecule has 2 aromatic rings. The van der Waals surface area contributed by atoms with Crippen molar-refractivity contribution in [1.82, 2.24) is 0 Å². The van der Waals surface area contributed by atoms with E-state index in [1.165, 1.54) is 0 Å². The third-order valence-electron chi connectivity index (χ3n) is 2.54. The third-order valence-corrected chi connectivity index (χ3v) is 3.48. The van der Waals surface area contributed by atoms with Gasteiger partial charge in [-0.25, -0.2) is 13.6 Å². The molecule has 1 heterocycles. The van der Waals surface area contributed by atoms with Gasteiger partial charge in [0.15, 0.2) is 0 Å². The van der Waals surface area contributed by atoms with Crippen LogP contribution in [0.4, 0.5) is 14.5 Å². The van der Waals surface area contributed by atoms with Gasteiger partial charge in [0.05, 0.1) is 5.56 Å². The lowest BCUT2D eigenvalue weighted by Crippen LogP contribution is -2.09. The van der Waals surface area contributed by atoms with E-state index in [0.29, 0.717) is 13.0 Å². The number of thiophene rings is 1. The maximum Gasteiger partial charge on any atom is 0.335 e. The number of nitrogens with one attached hydrogen (secondary N) is 1. The van der Waals surface area contributed by atoms with Crippen molar-refractivity contribution >= 4 is 23.0 Å². The first-order valence-electron chi connectivity index (χ1n) is 5.56. The third kappa shape index (κ3) is 3.29. The molecule has 6 heteroatoms. The van der Waals surface area contributed by atoms with E-state index < -0.39 is 23.2 Å². The minimum absolute atomic E-state index is 0.290. The van der Waals surface area contributed by atoms with Crippen LogP contribution in [0.1, 0.15) is 15.2 Å². The number of hydrogen-bond donors (Lipinski definition) is 2. The van der Waals surface area contributed by atoms with Gasteiger partial charge < -0.3 is 10.4 Å². The van der Waals surface area contributed by atoms with Crippen molar-refractivity contribution in [3.05, 3.63) is 51.7 Å². The standard InChI is InChI=1S/C13H11F2NO2S/c14-10-6-8(13(17)18)7-11(15)12(10)16-4-3-9-2-1-5-19-9/h1-2,5-7,16H,3-4H2,(H,17,18). The number of aromatic carboxylic acids is 1. The molecule has 0 saturated carbocycles. The molecule has 0 radical (unpaired) electrons. The summed E-state index contributed by atoms with van der Waals surface area (Å²) in [6, 6.07) is 5.45. The molecule has 1 aromatic carbocycles. The molecule has 0 fully saturated rings. The summed E-state index contributed by atoms with van der Waals surface area (Å²) in [6.07, 6.45) is 0.650. The van der Waals surface area contributed by atoms with Gasteiger partial charge in [-0.2, -0.15) is 0 Å². The number of carboxylic acids is 1. The van der Waals surface area contributed by atoms with Gasteiger partial charge in [0.1, 0.15) is 17.3 Å². The minimum atomic E-state index is -1.36. The molecule has 19 heavy (non-hydrogen) atoms. The fourth-order valence-electron chi connectivity index (χ4n) is 1.63. The van der Waals surface area contributed by atoms with Crippen LogP contribution in [-0.2, 0) is 6.42 Å². The monoisotopic (exact) mass is 283 g/mol. The normalized spacial score (nSPS) is 10.4. The molecule has 100 valence electrons. The molecule has 2 rings (SSSR count). The molecule has 3 nitrogen and oxygen atoms in total. The van der Waals surface area contributed by atoms with E-state index in [-0.39, 0.29) is 5.69 Å². The number of carbonyl (C=O) groups is 1. The highest BCUT2D eigenvalue weighted by atomic mass is 32.1. The first kappa shape index (κ1) is 13.5. The largest absolute Gasteiger partial charge is 0.478 e. The summed E-state index contributed by atoms with van der Waals surface area (Å²) in [5.74, 6) is -3.16. The van der Waals surface area contributed by atoms with Gasteiger partial charge in [-0.15, -0.1) is 11.3 Å². The number of halogens is 2. The summed E-state index contributed by atoms with van der Waals surface area (Å²) in [5.41, 5.74) is -0.694. The number of hydrogen-bond acceptors (Lipinski definition) is 3. The van der Waals surface area contributed by atoms with Crippen LogP contribution >= 0.6 is 11.3 Å². The Morgan fingerprint density at radius 1 is 1.32 bits per heavy atom. The van der Waals surface area contributed by atoms with Gasteiger partial charge in [0.25, 0.3) is 0 Å². The molecule has 0 atom stereocenters. The van der Waals surface area contributed by atoms with E-state index in [2.05, 4.69) is 5.32 Å². The average Bonchev–Trinajstić information content (AvgIpc) is 2.85. The van der Waals surface area contributed by atoms with Crippen molar-refractivity contribution in [2.75, 3.05) is 11.9 Å². The number of benzene rings is 1. The molecule has 0 unspecified atom stereocenters. The summed E-state index contributed by atoms with van der Waals surface area (Å²) in [7, 11) is 0. The quantitative estimate of drug-likeness (QED) is 0.884. The summed E-state index contributed by atoms with van der Waals surface area (Å²) < 4.78 is 27.1. The predicted molar refractivity (Wildman–Crippen MR) is 69.8 cm³/mol. The summed E-state index contributed by atoms with van der Waals surface area (Å²) in [4.78, 5) is 11.7. The van der Waals surface area contributed by atoms with Crippen molar-refractivity contribution < 1.29 is 18.7 Å². The zero-order valence-electron chi connectivity index (χ0n) is 9.82. The Labute approximate surface area is 112 Å². The highest BCUT2D eigenvalue weighted by Crippen LogP contribution is 2.21. The van der Waals surface area contributed by atoms with E-state index in [1.54, 1.807) is 11.3 Å². The zero-order valence-corrected chi connectivity index (χ0v) is 10.6. The van der Waals surface area contributed by atoms with Crippen molar-refractivity contribution in [2.45, 2.75) is 6.42 Å². The summed E-state index contributed by atoms with van der Waals surface area (Å²) in [6.45, 7) is 0.376. The van der Waals surface area contributed by atoms with Gasteiger partial charge in [0.2, 0.25) is 0 Å². The first-order valence-corrected chi connectivity index (χ1v) is 6.44. The average molecular weight is 283 g/mol. The maximum absolute atomic E-state index is 13.6. The number of anilines is 1.